The number of nitrogens with zero attached hydrogens (tertiary/aromatic N) is 4. The molecule has 0 amide bonds. The maximum Gasteiger partial charge on any atom is 0.459 e. The number of para-hydroxylation sites is 1. The molecule has 3 aromatic rings. The molecule has 3 heterocycles. The number of ether oxygens (including phenoxy) is 2. The van der Waals surface area contributed by atoms with Crippen molar-refractivity contribution < 1.29 is 37.4 Å². The van der Waals surface area contributed by atoms with E-state index in [9.17, 15) is 14.5 Å². The molecule has 0 radical (unpaired) electrons. The lowest BCUT2D eigenvalue weighted by Crippen LogP contribution is -2.38. The molecule has 1 aromatic carbocycles. The minimum absolute atomic E-state index is 0.0314. The number of hydrogen-bond donors (Lipinski definition) is 4. The van der Waals surface area contributed by atoms with Crippen molar-refractivity contribution in [3.63, 3.8) is 0 Å². The number of benzene rings is 1. The van der Waals surface area contributed by atoms with Crippen molar-refractivity contribution in [3.8, 4) is 5.75 Å². The van der Waals surface area contributed by atoms with Gasteiger partial charge in [-0.1, -0.05) is 18.2 Å². The summed E-state index contributed by atoms with van der Waals surface area (Å²) in [6.45, 7) is 4.77. The molecule has 14 nitrogen and oxygen atoms in total. The first-order valence-electron chi connectivity index (χ1n) is 13.3. The molecular weight excluding hydrogens is 560 g/mol. The van der Waals surface area contributed by atoms with Crippen LogP contribution in [0.2, 0.25) is 0 Å². The van der Waals surface area contributed by atoms with Crippen LogP contribution in [0.4, 0.5) is 16.2 Å². The number of alkyl halides is 1. The fourth-order valence-corrected chi connectivity index (χ4v) is 6.45. The third-order valence-corrected chi connectivity index (χ3v) is 8.62. The lowest BCUT2D eigenvalue weighted by Gasteiger charge is -2.26. The van der Waals surface area contributed by atoms with Crippen LogP contribution in [-0.2, 0) is 23.4 Å². The molecule has 0 spiro atoms. The number of nitrogens with one attached hydrogen (secondary N) is 2. The molecule has 1 saturated heterocycles. The van der Waals surface area contributed by atoms with E-state index in [0.717, 1.165) is 12.8 Å². The summed E-state index contributed by atoms with van der Waals surface area (Å²) in [5.41, 5.74) is 4.35. The fourth-order valence-electron chi connectivity index (χ4n) is 4.73. The highest BCUT2D eigenvalue weighted by Crippen LogP contribution is 2.62. The van der Waals surface area contributed by atoms with Crippen molar-refractivity contribution in [2.24, 2.45) is 0 Å². The largest absolute Gasteiger partial charge is 0.462 e. The Hall–Kier alpha value is -3.36. The Balaban J connectivity index is 1.21. The van der Waals surface area contributed by atoms with Gasteiger partial charge in [-0.05, 0) is 45.7 Å². The van der Waals surface area contributed by atoms with E-state index in [4.69, 9.17) is 24.3 Å². The van der Waals surface area contributed by atoms with Gasteiger partial charge in [-0.25, -0.2) is 13.9 Å². The Morgan fingerprint density at radius 1 is 1.27 bits per heavy atom. The number of rotatable bonds is 11. The van der Waals surface area contributed by atoms with Crippen LogP contribution in [-0.4, -0.2) is 72.8 Å². The second-order valence-electron chi connectivity index (χ2n) is 10.7. The minimum Gasteiger partial charge on any atom is -0.462 e. The van der Waals surface area contributed by atoms with Crippen molar-refractivity contribution >= 4 is 36.6 Å². The van der Waals surface area contributed by atoms with Gasteiger partial charge in [0, 0.05) is 6.04 Å². The molecule has 2 aliphatic carbocycles. The zero-order chi connectivity index (χ0) is 29.1. The van der Waals surface area contributed by atoms with E-state index in [1.54, 1.807) is 32.0 Å². The molecular formula is C25H31FN7O7P. The van der Waals surface area contributed by atoms with Gasteiger partial charge in [0.1, 0.15) is 24.0 Å². The van der Waals surface area contributed by atoms with Crippen LogP contribution in [0.5, 0.6) is 5.75 Å². The van der Waals surface area contributed by atoms with Gasteiger partial charge >= 0.3 is 13.7 Å². The highest BCUT2D eigenvalue weighted by molar-refractivity contribution is 7.52. The van der Waals surface area contributed by atoms with Crippen LogP contribution in [0.25, 0.3) is 11.2 Å². The first kappa shape index (κ1) is 27.8. The lowest BCUT2D eigenvalue weighted by molar-refractivity contribution is -0.149. The number of imidazole rings is 1. The number of aromatic nitrogens is 4. The van der Waals surface area contributed by atoms with E-state index in [1.165, 1.54) is 30.0 Å². The number of carbonyl (C=O) groups is 1. The third-order valence-electron chi connectivity index (χ3n) is 6.96. The van der Waals surface area contributed by atoms with Gasteiger partial charge in [0.2, 0.25) is 5.95 Å². The van der Waals surface area contributed by atoms with Gasteiger partial charge in [-0.2, -0.15) is 15.1 Å². The maximum absolute atomic E-state index is 15.9. The number of fused-ring (bicyclic) bond motifs is 2. The third kappa shape index (κ3) is 5.24. The summed E-state index contributed by atoms with van der Waals surface area (Å²) in [6, 6.07) is 7.25. The second kappa shape index (κ2) is 10.2. The van der Waals surface area contributed by atoms with Crippen molar-refractivity contribution in [1.82, 2.24) is 24.6 Å². The molecule has 16 heteroatoms. The summed E-state index contributed by atoms with van der Waals surface area (Å²) in [5.74, 6) is -0.129. The first-order valence-corrected chi connectivity index (χ1v) is 14.8. The van der Waals surface area contributed by atoms with Gasteiger partial charge in [0.05, 0.1) is 12.4 Å². The Labute approximate surface area is 234 Å². The summed E-state index contributed by atoms with van der Waals surface area (Å²) < 4.78 is 53.4. The second-order valence-corrected chi connectivity index (χ2v) is 12.3. The van der Waals surface area contributed by atoms with Crippen molar-refractivity contribution in [2.75, 3.05) is 11.1 Å². The Morgan fingerprint density at radius 2 is 2.00 bits per heavy atom. The molecule has 3 fully saturated rings. The van der Waals surface area contributed by atoms with E-state index >= 15 is 4.39 Å². The quantitative estimate of drug-likeness (QED) is 0.188. The summed E-state index contributed by atoms with van der Waals surface area (Å²) in [6.07, 6.45) is -3.01. The van der Waals surface area contributed by atoms with Gasteiger partial charge in [0.15, 0.2) is 35.0 Å². The number of carbonyl (C=O) groups excluding carboxylic acids is 1. The first-order chi connectivity index (χ1) is 19.5. The maximum atomic E-state index is 15.9. The lowest BCUT2D eigenvalue weighted by atomic mass is 10.2. The molecule has 2 aromatic heterocycles. The average Bonchev–Trinajstić information content (AvgIpc) is 3.74. The van der Waals surface area contributed by atoms with E-state index in [2.05, 4.69) is 25.4 Å². The Bertz CT molecular complexity index is 1510. The monoisotopic (exact) mass is 591 g/mol. The molecule has 3 aliphatic rings. The van der Waals surface area contributed by atoms with Gasteiger partial charge in [0.25, 0.3) is 0 Å². The summed E-state index contributed by atoms with van der Waals surface area (Å²) in [4.78, 5) is 25.1. The standard InChI is InChI=1S/C25H31FN7O7P/c1-12(2)37-23(34)13(3)32-41(36,39-15-7-5-4-6-8-15)40-19-18-25(19,35)17(26)22(38-18)33-11-28-16-20(29-14-9-10-14)30-24(27)31-21(16)33/h4-8,11-14,17-19,22,35H,9-10H2,1-3H3,(H,32,36)(H3,27,29,30,31)/t13-,17+,18-,19?,22-,25+,41?/m1/s1. The predicted octanol–water partition coefficient (Wildman–Crippen LogP) is 2.46. The molecule has 1 aliphatic heterocycles. The minimum atomic E-state index is -4.37. The van der Waals surface area contributed by atoms with Crippen LogP contribution in [0.15, 0.2) is 36.7 Å². The fraction of sp³-hybridized carbons (Fsp3) is 0.520. The molecule has 41 heavy (non-hydrogen) atoms. The van der Waals surface area contributed by atoms with Crippen LogP contribution < -0.4 is 20.7 Å². The number of aliphatic hydroxyl groups is 1. The molecule has 6 rings (SSSR count). The van der Waals surface area contributed by atoms with Crippen LogP contribution >= 0.6 is 7.75 Å². The zero-order valence-corrected chi connectivity index (χ0v) is 23.4. The topological polar surface area (TPSA) is 185 Å². The Kier molecular flexibility index (Phi) is 6.90. The van der Waals surface area contributed by atoms with E-state index in [0.29, 0.717) is 11.3 Å². The van der Waals surface area contributed by atoms with Gasteiger partial charge in [-0.3, -0.25) is 13.9 Å². The number of hydrogen-bond acceptors (Lipinski definition) is 12. The summed E-state index contributed by atoms with van der Waals surface area (Å²) in [7, 11) is -4.37. The molecule has 5 N–H and O–H groups in total. The normalized spacial score (nSPS) is 29.1. The molecule has 2 unspecified atom stereocenters. The molecule has 220 valence electrons. The number of anilines is 2. The number of nitrogens with two attached hydrogens (primary N) is 1. The van der Waals surface area contributed by atoms with Crippen LogP contribution in [0.1, 0.15) is 39.8 Å². The average molecular weight is 592 g/mol. The molecule has 0 bridgehead atoms. The van der Waals surface area contributed by atoms with Crippen molar-refractivity contribution in [2.45, 2.75) is 82.0 Å². The molecule has 2 saturated carbocycles. The Morgan fingerprint density at radius 3 is 2.63 bits per heavy atom. The van der Waals surface area contributed by atoms with Crippen LogP contribution in [0, 0.1) is 0 Å². The van der Waals surface area contributed by atoms with Crippen molar-refractivity contribution in [3.05, 3.63) is 36.7 Å². The predicted molar refractivity (Wildman–Crippen MR) is 144 cm³/mol. The zero-order valence-electron chi connectivity index (χ0n) is 22.5. The van der Waals surface area contributed by atoms with Gasteiger partial charge in [-0.15, -0.1) is 0 Å². The SMILES string of the molecule is CC(C)OC(=O)[C@@H](C)NP(=O)(Oc1ccccc1)OC1[C@H]2O[C@@H](n3cnc4c(NC5CC5)nc(N)nc43)[C@H](F)[C@@]12O. The van der Waals surface area contributed by atoms with E-state index in [1.807, 2.05) is 0 Å². The van der Waals surface area contributed by atoms with Crippen LogP contribution in [0.3, 0.4) is 0 Å². The van der Waals surface area contributed by atoms with Crippen molar-refractivity contribution in [1.29, 1.82) is 0 Å². The summed E-state index contributed by atoms with van der Waals surface area (Å²) >= 11 is 0. The summed E-state index contributed by atoms with van der Waals surface area (Å²) in [5, 5.41) is 17.0. The van der Waals surface area contributed by atoms with E-state index < -0.39 is 56.1 Å². The number of esters is 1. The molecule has 7 atom stereocenters. The highest BCUT2D eigenvalue weighted by Gasteiger charge is 2.80. The smallest absolute Gasteiger partial charge is 0.459 e. The number of nitrogen functional groups attached to an aromatic ring is 1. The highest BCUT2D eigenvalue weighted by atomic mass is 31.2. The van der Waals surface area contributed by atoms with E-state index in [-0.39, 0.29) is 23.4 Å². The van der Waals surface area contributed by atoms with Gasteiger partial charge < -0.3 is 30.2 Å². The number of halogens is 1.